The Kier molecular flexibility index (Phi) is 4.41. The number of H-pyrrole nitrogens is 1. The summed E-state index contributed by atoms with van der Waals surface area (Å²) >= 11 is 1.57. The lowest BCUT2D eigenvalue weighted by molar-refractivity contribution is -0.0710. The molecule has 5 nitrogen and oxygen atoms in total. The van der Waals surface area contributed by atoms with Gasteiger partial charge in [-0.15, -0.1) is 11.3 Å². The van der Waals surface area contributed by atoms with E-state index in [1.165, 1.54) is 0 Å². The topological polar surface area (TPSA) is 58.2 Å². The van der Waals surface area contributed by atoms with Crippen molar-refractivity contribution in [1.82, 2.24) is 14.9 Å². The van der Waals surface area contributed by atoms with E-state index in [2.05, 4.69) is 35.9 Å². The largest absolute Gasteiger partial charge is 0.373 e. The average Bonchev–Trinajstić information content (AvgIpc) is 2.99. The molecule has 130 valence electrons. The molecule has 0 aliphatic carbocycles. The van der Waals surface area contributed by atoms with E-state index in [4.69, 9.17) is 9.72 Å². The number of rotatable bonds is 3. The molecule has 1 N–H and O–H groups in total. The molecule has 1 fully saturated rings. The third-order valence-corrected chi connectivity index (χ3v) is 5.46. The number of aromatic nitrogens is 2. The summed E-state index contributed by atoms with van der Waals surface area (Å²) in [6.07, 6.45) is 0.399. The predicted molar refractivity (Wildman–Crippen MR) is 101 cm³/mol. The molecule has 1 aromatic carbocycles. The number of nitrogens with zero attached hydrogens (tertiary/aromatic N) is 2. The molecule has 0 unspecified atom stereocenters. The number of benzene rings is 1. The molecule has 1 aliphatic heterocycles. The highest BCUT2D eigenvalue weighted by Gasteiger charge is 2.23. The summed E-state index contributed by atoms with van der Waals surface area (Å²) in [6, 6.07) is 12.0. The summed E-state index contributed by atoms with van der Waals surface area (Å²) in [4.78, 5) is 24.3. The average molecular weight is 355 g/mol. The van der Waals surface area contributed by atoms with Crippen molar-refractivity contribution in [2.24, 2.45) is 0 Å². The van der Waals surface area contributed by atoms with Crippen LogP contribution < -0.4 is 5.56 Å². The summed E-state index contributed by atoms with van der Waals surface area (Å²) in [5.74, 6) is 0.722. The van der Waals surface area contributed by atoms with Crippen molar-refractivity contribution in [2.75, 3.05) is 13.1 Å². The standard InChI is InChI=1S/C19H21N3O2S/c1-12-9-22(10-13(2)24-12)11-17-20-18(23)15-8-16(25-19(15)21-17)14-6-4-3-5-7-14/h3-8,12-13H,9-11H2,1-2H3,(H,20,21,23)/t12-,13-/m0/s1. The van der Waals surface area contributed by atoms with Gasteiger partial charge in [-0.1, -0.05) is 30.3 Å². The van der Waals surface area contributed by atoms with Gasteiger partial charge in [-0.2, -0.15) is 0 Å². The fourth-order valence-electron chi connectivity index (χ4n) is 3.42. The lowest BCUT2D eigenvalue weighted by Gasteiger charge is -2.34. The molecule has 3 aromatic rings. The van der Waals surface area contributed by atoms with Crippen molar-refractivity contribution in [2.45, 2.75) is 32.6 Å². The maximum atomic E-state index is 12.5. The summed E-state index contributed by atoms with van der Waals surface area (Å²) < 4.78 is 5.77. The van der Waals surface area contributed by atoms with Gasteiger partial charge < -0.3 is 9.72 Å². The van der Waals surface area contributed by atoms with E-state index in [9.17, 15) is 4.79 Å². The molecule has 1 saturated heterocycles. The minimum Gasteiger partial charge on any atom is -0.373 e. The van der Waals surface area contributed by atoms with Crippen molar-refractivity contribution in [3.05, 3.63) is 52.6 Å². The molecule has 0 spiro atoms. The zero-order valence-electron chi connectivity index (χ0n) is 14.4. The molecule has 6 heteroatoms. The molecule has 1 aliphatic rings. The molecule has 2 atom stereocenters. The Bertz CT molecular complexity index is 925. The van der Waals surface area contributed by atoms with E-state index < -0.39 is 0 Å². The smallest absolute Gasteiger partial charge is 0.259 e. The molecule has 25 heavy (non-hydrogen) atoms. The third kappa shape index (κ3) is 3.51. The summed E-state index contributed by atoms with van der Waals surface area (Å²) in [6.45, 7) is 6.50. The lowest BCUT2D eigenvalue weighted by atomic mass is 10.2. The van der Waals surface area contributed by atoms with Crippen LogP contribution in [0, 0.1) is 0 Å². The Labute approximate surface area is 150 Å². The Balaban J connectivity index is 1.64. The molecule has 4 rings (SSSR count). The lowest BCUT2D eigenvalue weighted by Crippen LogP contribution is -2.45. The molecule has 0 radical (unpaired) electrons. The van der Waals surface area contributed by atoms with Crippen LogP contribution in [0.25, 0.3) is 20.7 Å². The van der Waals surface area contributed by atoms with Crippen LogP contribution in [0.15, 0.2) is 41.2 Å². The first-order chi connectivity index (χ1) is 12.1. The molecule has 0 bridgehead atoms. The van der Waals surface area contributed by atoms with Crippen LogP contribution in [0.1, 0.15) is 19.7 Å². The van der Waals surface area contributed by atoms with Gasteiger partial charge in [-0.05, 0) is 25.5 Å². The van der Waals surface area contributed by atoms with Gasteiger partial charge in [0, 0.05) is 18.0 Å². The van der Waals surface area contributed by atoms with Crippen LogP contribution in [0.5, 0.6) is 0 Å². The van der Waals surface area contributed by atoms with Crippen molar-refractivity contribution >= 4 is 21.6 Å². The molecule has 0 amide bonds. The van der Waals surface area contributed by atoms with E-state index in [0.29, 0.717) is 11.9 Å². The summed E-state index contributed by atoms with van der Waals surface area (Å²) in [5.41, 5.74) is 1.05. The molecule has 3 heterocycles. The van der Waals surface area contributed by atoms with E-state index in [0.717, 1.165) is 34.2 Å². The number of ether oxygens (including phenoxy) is 1. The maximum Gasteiger partial charge on any atom is 0.259 e. The minimum atomic E-state index is -0.0622. The minimum absolute atomic E-state index is 0.0622. The number of fused-ring (bicyclic) bond motifs is 1. The number of hydrogen-bond acceptors (Lipinski definition) is 5. The Morgan fingerprint density at radius 3 is 2.68 bits per heavy atom. The molecular formula is C19H21N3O2S. The monoisotopic (exact) mass is 355 g/mol. The van der Waals surface area contributed by atoms with Crippen molar-refractivity contribution < 1.29 is 4.74 Å². The van der Waals surface area contributed by atoms with Crippen LogP contribution >= 0.6 is 11.3 Å². The van der Waals surface area contributed by atoms with Gasteiger partial charge in [-0.3, -0.25) is 9.69 Å². The van der Waals surface area contributed by atoms with Crippen molar-refractivity contribution in [3.8, 4) is 10.4 Å². The Morgan fingerprint density at radius 1 is 1.24 bits per heavy atom. The first-order valence-electron chi connectivity index (χ1n) is 8.54. The molecule has 2 aromatic heterocycles. The Hall–Kier alpha value is -2.02. The first kappa shape index (κ1) is 16.4. The van der Waals surface area contributed by atoms with Gasteiger partial charge in [-0.25, -0.2) is 4.98 Å². The highest BCUT2D eigenvalue weighted by atomic mass is 32.1. The summed E-state index contributed by atoms with van der Waals surface area (Å²) in [5, 5.41) is 0.663. The van der Waals surface area contributed by atoms with Gasteiger partial charge in [0.05, 0.1) is 24.1 Å². The first-order valence-corrected chi connectivity index (χ1v) is 9.36. The highest BCUT2D eigenvalue weighted by Crippen LogP contribution is 2.30. The van der Waals surface area contributed by atoms with Crippen LogP contribution in [-0.4, -0.2) is 40.2 Å². The number of aromatic amines is 1. The summed E-state index contributed by atoms with van der Waals surface area (Å²) in [7, 11) is 0. The SMILES string of the molecule is C[C@H]1CN(Cc2nc3sc(-c4ccccc4)cc3c(=O)[nH]2)C[C@H](C)O1. The van der Waals surface area contributed by atoms with Crippen LogP contribution in [0.3, 0.4) is 0 Å². The number of nitrogens with one attached hydrogen (secondary N) is 1. The third-order valence-electron chi connectivity index (χ3n) is 4.38. The second-order valence-electron chi connectivity index (χ2n) is 6.66. The normalized spacial score (nSPS) is 21.7. The number of morpholine rings is 1. The zero-order chi connectivity index (χ0) is 17.4. The quantitative estimate of drug-likeness (QED) is 0.783. The predicted octanol–water partition coefficient (Wildman–Crippen LogP) is 3.26. The van der Waals surface area contributed by atoms with E-state index >= 15 is 0 Å². The maximum absolute atomic E-state index is 12.5. The highest BCUT2D eigenvalue weighted by molar-refractivity contribution is 7.21. The fraction of sp³-hybridized carbons (Fsp3) is 0.368. The van der Waals surface area contributed by atoms with Gasteiger partial charge in [0.2, 0.25) is 0 Å². The Morgan fingerprint density at radius 2 is 1.96 bits per heavy atom. The number of thiophene rings is 1. The van der Waals surface area contributed by atoms with E-state index in [1.807, 2.05) is 24.3 Å². The number of hydrogen-bond donors (Lipinski definition) is 1. The van der Waals surface area contributed by atoms with Gasteiger partial charge in [0.15, 0.2) is 0 Å². The van der Waals surface area contributed by atoms with Gasteiger partial charge >= 0.3 is 0 Å². The van der Waals surface area contributed by atoms with Gasteiger partial charge in [0.25, 0.3) is 5.56 Å². The second kappa shape index (κ2) is 6.71. The van der Waals surface area contributed by atoms with Crippen LogP contribution in [-0.2, 0) is 11.3 Å². The van der Waals surface area contributed by atoms with E-state index in [-0.39, 0.29) is 17.8 Å². The van der Waals surface area contributed by atoms with Crippen molar-refractivity contribution in [1.29, 1.82) is 0 Å². The zero-order valence-corrected chi connectivity index (χ0v) is 15.2. The fourth-order valence-corrected chi connectivity index (χ4v) is 4.48. The van der Waals surface area contributed by atoms with Crippen molar-refractivity contribution in [3.63, 3.8) is 0 Å². The second-order valence-corrected chi connectivity index (χ2v) is 7.69. The van der Waals surface area contributed by atoms with Crippen LogP contribution in [0.4, 0.5) is 0 Å². The van der Waals surface area contributed by atoms with E-state index in [1.54, 1.807) is 11.3 Å². The van der Waals surface area contributed by atoms with Crippen LogP contribution in [0.2, 0.25) is 0 Å². The van der Waals surface area contributed by atoms with Gasteiger partial charge in [0.1, 0.15) is 10.7 Å². The molecule has 0 saturated carbocycles. The molecular weight excluding hydrogens is 334 g/mol.